The molecule has 8 heteroatoms. The molecule has 0 unspecified atom stereocenters. The minimum atomic E-state index is -3.45. The molecule has 0 amide bonds. The van der Waals surface area contributed by atoms with E-state index in [9.17, 15) is 8.42 Å². The van der Waals surface area contributed by atoms with Gasteiger partial charge in [0.2, 0.25) is 0 Å². The first kappa shape index (κ1) is 25.6. The Morgan fingerprint density at radius 1 is 0.892 bits per heavy atom. The molecule has 1 aliphatic heterocycles. The van der Waals surface area contributed by atoms with Crippen LogP contribution in [0.3, 0.4) is 0 Å². The molecule has 7 nitrogen and oxygen atoms in total. The lowest BCUT2D eigenvalue weighted by atomic mass is 9.96. The molecule has 5 rings (SSSR count). The number of hydrogen-bond donors (Lipinski definition) is 0. The van der Waals surface area contributed by atoms with Crippen molar-refractivity contribution in [1.29, 1.82) is 0 Å². The molecular weight excluding hydrogens is 484 g/mol. The second-order valence-corrected chi connectivity index (χ2v) is 11.3. The van der Waals surface area contributed by atoms with E-state index >= 15 is 0 Å². The minimum Gasteiger partial charge on any atom is -0.326 e. The van der Waals surface area contributed by atoms with Gasteiger partial charge in [0.15, 0.2) is 0 Å². The van der Waals surface area contributed by atoms with Crippen LogP contribution in [-0.4, -0.2) is 66.8 Å². The summed E-state index contributed by atoms with van der Waals surface area (Å²) in [6.45, 7) is 7.39. The van der Waals surface area contributed by atoms with E-state index < -0.39 is 10.1 Å². The SMILES string of the molecule is Cc1nc2cc(CN3CCN(C(c4ccccc4)c4ccccc4)CC3)ccc2n1CCOS(C)(=O)=O. The number of fused-ring (bicyclic) bond motifs is 1. The highest BCUT2D eigenvalue weighted by atomic mass is 32.2. The standard InChI is InChI=1S/C29H34N4O3S/c1-23-30-27-21-24(13-14-28(27)33(23)19-20-36-37(2,34)35)22-31-15-17-32(18-16-31)29(25-9-5-3-6-10-25)26-11-7-4-8-12-26/h3-14,21,29H,15-20,22H2,1-2H3. The first-order valence-electron chi connectivity index (χ1n) is 12.7. The van der Waals surface area contributed by atoms with Gasteiger partial charge in [-0.3, -0.25) is 14.0 Å². The van der Waals surface area contributed by atoms with E-state index in [1.807, 2.05) is 11.5 Å². The van der Waals surface area contributed by atoms with Crippen LogP contribution in [0.4, 0.5) is 0 Å². The van der Waals surface area contributed by atoms with Crippen LogP contribution in [0.1, 0.15) is 28.6 Å². The summed E-state index contributed by atoms with van der Waals surface area (Å²) in [6.07, 6.45) is 1.07. The summed E-state index contributed by atoms with van der Waals surface area (Å²) in [5.74, 6) is 0.853. The molecule has 0 saturated carbocycles. The minimum absolute atomic E-state index is 0.101. The maximum absolute atomic E-state index is 11.3. The lowest BCUT2D eigenvalue weighted by Crippen LogP contribution is -2.47. The van der Waals surface area contributed by atoms with E-state index in [-0.39, 0.29) is 12.6 Å². The first-order valence-corrected chi connectivity index (χ1v) is 14.6. The number of benzene rings is 3. The molecule has 0 radical (unpaired) electrons. The van der Waals surface area contributed by atoms with E-state index in [1.165, 1.54) is 16.7 Å². The molecule has 1 aromatic heterocycles. The van der Waals surface area contributed by atoms with Gasteiger partial charge < -0.3 is 4.57 Å². The third-order valence-corrected chi connectivity index (χ3v) is 7.62. The molecule has 2 heterocycles. The smallest absolute Gasteiger partial charge is 0.264 e. The lowest BCUT2D eigenvalue weighted by molar-refractivity contribution is 0.105. The van der Waals surface area contributed by atoms with Crippen LogP contribution in [0.25, 0.3) is 11.0 Å². The number of hydrogen-bond acceptors (Lipinski definition) is 6. The Kier molecular flexibility index (Phi) is 7.71. The van der Waals surface area contributed by atoms with Crippen LogP contribution >= 0.6 is 0 Å². The lowest BCUT2D eigenvalue weighted by Gasteiger charge is -2.39. The molecule has 0 aliphatic carbocycles. The third kappa shape index (κ3) is 6.27. The van der Waals surface area contributed by atoms with Gasteiger partial charge in [-0.2, -0.15) is 8.42 Å². The maximum Gasteiger partial charge on any atom is 0.264 e. The Bertz CT molecular complexity index is 1390. The van der Waals surface area contributed by atoms with Crippen molar-refractivity contribution < 1.29 is 12.6 Å². The molecule has 1 fully saturated rings. The van der Waals surface area contributed by atoms with Crippen LogP contribution in [-0.2, 0) is 27.4 Å². The average molecular weight is 519 g/mol. The molecule has 0 bridgehead atoms. The van der Waals surface area contributed by atoms with E-state index in [0.717, 1.165) is 55.8 Å². The summed E-state index contributed by atoms with van der Waals surface area (Å²) in [4.78, 5) is 9.82. The van der Waals surface area contributed by atoms with Crippen molar-refractivity contribution in [2.24, 2.45) is 0 Å². The summed E-state index contributed by atoms with van der Waals surface area (Å²) in [7, 11) is -3.45. The van der Waals surface area contributed by atoms with Crippen molar-refractivity contribution in [1.82, 2.24) is 19.4 Å². The monoisotopic (exact) mass is 518 g/mol. The highest BCUT2D eigenvalue weighted by Gasteiger charge is 2.26. The van der Waals surface area contributed by atoms with Crippen molar-refractivity contribution in [2.75, 3.05) is 39.0 Å². The zero-order chi connectivity index (χ0) is 25.8. The van der Waals surface area contributed by atoms with Gasteiger partial charge in [-0.1, -0.05) is 66.7 Å². The fourth-order valence-electron chi connectivity index (χ4n) is 5.28. The number of rotatable bonds is 9. The predicted molar refractivity (Wildman–Crippen MR) is 147 cm³/mol. The molecule has 37 heavy (non-hydrogen) atoms. The Morgan fingerprint density at radius 3 is 2.11 bits per heavy atom. The van der Waals surface area contributed by atoms with Crippen molar-refractivity contribution in [3.05, 3.63) is 101 Å². The van der Waals surface area contributed by atoms with Crippen LogP contribution in [0.5, 0.6) is 0 Å². The van der Waals surface area contributed by atoms with Crippen molar-refractivity contribution in [3.8, 4) is 0 Å². The molecular formula is C29H34N4O3S. The number of aromatic nitrogens is 2. The van der Waals surface area contributed by atoms with Crippen LogP contribution in [0.2, 0.25) is 0 Å². The van der Waals surface area contributed by atoms with Crippen LogP contribution < -0.4 is 0 Å². The second-order valence-electron chi connectivity index (χ2n) is 9.70. The predicted octanol–water partition coefficient (Wildman–Crippen LogP) is 4.23. The Labute approximate surface area is 219 Å². The van der Waals surface area contributed by atoms with E-state index in [4.69, 9.17) is 9.17 Å². The Balaban J connectivity index is 1.24. The molecule has 1 saturated heterocycles. The number of imidazole rings is 1. The zero-order valence-corrected chi connectivity index (χ0v) is 22.3. The van der Waals surface area contributed by atoms with Crippen molar-refractivity contribution in [3.63, 3.8) is 0 Å². The topological polar surface area (TPSA) is 67.7 Å². The van der Waals surface area contributed by atoms with Gasteiger partial charge in [0.1, 0.15) is 5.82 Å². The highest BCUT2D eigenvalue weighted by molar-refractivity contribution is 7.85. The largest absolute Gasteiger partial charge is 0.326 e. The summed E-state index contributed by atoms with van der Waals surface area (Å²) in [5.41, 5.74) is 5.83. The Hall–Kier alpha value is -3.04. The fraction of sp³-hybridized carbons (Fsp3) is 0.345. The third-order valence-electron chi connectivity index (χ3n) is 7.02. The van der Waals surface area contributed by atoms with E-state index in [0.29, 0.717) is 6.54 Å². The van der Waals surface area contributed by atoms with Gasteiger partial charge in [-0.25, -0.2) is 4.98 Å². The first-order chi connectivity index (χ1) is 17.9. The molecule has 0 spiro atoms. The molecule has 194 valence electrons. The molecule has 4 aromatic rings. The van der Waals surface area contributed by atoms with Gasteiger partial charge in [0.05, 0.1) is 29.9 Å². The van der Waals surface area contributed by atoms with E-state index in [1.54, 1.807) is 0 Å². The van der Waals surface area contributed by atoms with E-state index in [2.05, 4.69) is 88.7 Å². The normalized spacial score (nSPS) is 15.5. The summed E-state index contributed by atoms with van der Waals surface area (Å²) in [5, 5.41) is 0. The molecule has 1 aliphatic rings. The maximum atomic E-state index is 11.3. The average Bonchev–Trinajstić information content (AvgIpc) is 3.20. The van der Waals surface area contributed by atoms with Crippen LogP contribution in [0, 0.1) is 6.92 Å². The van der Waals surface area contributed by atoms with Gasteiger partial charge in [0, 0.05) is 39.3 Å². The fourth-order valence-corrected chi connectivity index (χ4v) is 5.66. The summed E-state index contributed by atoms with van der Waals surface area (Å²) >= 11 is 0. The highest BCUT2D eigenvalue weighted by Crippen LogP contribution is 2.30. The van der Waals surface area contributed by atoms with Crippen LogP contribution in [0.15, 0.2) is 78.9 Å². The quantitative estimate of drug-likeness (QED) is 0.309. The summed E-state index contributed by atoms with van der Waals surface area (Å²) < 4.78 is 29.5. The summed E-state index contributed by atoms with van der Waals surface area (Å²) in [6, 6.07) is 28.2. The Morgan fingerprint density at radius 2 is 1.51 bits per heavy atom. The molecule has 0 N–H and O–H groups in total. The second kappa shape index (κ2) is 11.1. The van der Waals surface area contributed by atoms with Crippen molar-refractivity contribution >= 4 is 21.2 Å². The zero-order valence-electron chi connectivity index (χ0n) is 21.5. The molecule has 0 atom stereocenters. The van der Waals surface area contributed by atoms with Gasteiger partial charge in [0.25, 0.3) is 10.1 Å². The molecule has 3 aromatic carbocycles. The number of aryl methyl sites for hydroxylation is 1. The van der Waals surface area contributed by atoms with Crippen molar-refractivity contribution in [2.45, 2.75) is 26.1 Å². The van der Waals surface area contributed by atoms with Gasteiger partial charge in [-0.15, -0.1) is 0 Å². The number of piperazine rings is 1. The number of nitrogens with zero attached hydrogens (tertiary/aromatic N) is 4. The van der Waals surface area contributed by atoms with Gasteiger partial charge >= 0.3 is 0 Å². The van der Waals surface area contributed by atoms with Gasteiger partial charge in [-0.05, 0) is 35.7 Å².